The second-order valence-corrected chi connectivity index (χ2v) is 17.6. The van der Waals surface area contributed by atoms with Crippen LogP contribution in [-0.4, -0.2) is 147 Å². The number of carbonyl (C=O) groups excluding carboxylic acids is 8. The molecule has 0 bridgehead atoms. The number of hydrogen-bond acceptors (Lipinski definition) is 13. The molecule has 1 aromatic carbocycles. The first-order valence-corrected chi connectivity index (χ1v) is 23.0. The fraction of sp³-hybridized carbons (Fsp3) is 0.556. The molecule has 1 heterocycles. The van der Waals surface area contributed by atoms with Crippen molar-refractivity contribution in [2.24, 2.45) is 34.0 Å². The molecule has 0 fully saturated rings. The predicted molar refractivity (Wildman–Crippen MR) is 257 cm³/mol. The summed E-state index contributed by atoms with van der Waals surface area (Å²) in [5.74, 6) is -9.75. The molecular weight excluding hydrogens is 929 g/mol. The van der Waals surface area contributed by atoms with Crippen LogP contribution in [0.2, 0.25) is 0 Å². The third-order valence-corrected chi connectivity index (χ3v) is 10.7. The first kappa shape index (κ1) is 59.5. The summed E-state index contributed by atoms with van der Waals surface area (Å²) in [5, 5.41) is 39.1. The molecular formula is C45H70N14O12. The van der Waals surface area contributed by atoms with Gasteiger partial charge in [-0.15, -0.1) is 0 Å². The molecule has 0 aliphatic heterocycles. The fourth-order valence-corrected chi connectivity index (χ4v) is 6.63. The van der Waals surface area contributed by atoms with E-state index in [0.717, 1.165) is 0 Å². The molecule has 17 N–H and O–H groups in total. The Morgan fingerprint density at radius 2 is 1.18 bits per heavy atom. The van der Waals surface area contributed by atoms with Gasteiger partial charge < -0.3 is 74.9 Å². The van der Waals surface area contributed by atoms with Crippen molar-refractivity contribution in [3.63, 3.8) is 0 Å². The maximum atomic E-state index is 14.0. The lowest BCUT2D eigenvalue weighted by atomic mass is 10.0. The molecule has 2 rings (SSSR count). The number of nitrogens with one attached hydrogen (secondary N) is 9. The van der Waals surface area contributed by atoms with Gasteiger partial charge in [-0.25, -0.2) is 9.78 Å². The maximum Gasteiger partial charge on any atom is 0.326 e. The monoisotopic (exact) mass is 999 g/mol. The number of guanidine groups is 1. The van der Waals surface area contributed by atoms with Crippen LogP contribution in [0.1, 0.15) is 84.9 Å². The Balaban J connectivity index is 2.20. The van der Waals surface area contributed by atoms with Crippen LogP contribution < -0.4 is 59.7 Å². The van der Waals surface area contributed by atoms with Gasteiger partial charge in [-0.05, 0) is 56.9 Å². The van der Waals surface area contributed by atoms with Crippen molar-refractivity contribution >= 4 is 65.2 Å². The SMILES string of the molecule is CC(C)C[C@H](NC(=O)[C@H](Cc1cnc[nH]1)NC(=O)[C@H](CCC(=O)O)NC(=O)[C@H](Cc1ccccc1)NC(=O)[C@H](C)NC(=O)CNC(=O)[C@H](C)NC(=O)[C@H](CCCN=C(N)N)NC(=O)[C@@H](N)C(C)C)C(=O)O. The quantitative estimate of drug-likeness (QED) is 0.0201. The van der Waals surface area contributed by atoms with E-state index in [9.17, 15) is 58.2 Å². The van der Waals surface area contributed by atoms with E-state index in [-0.39, 0.29) is 56.4 Å². The van der Waals surface area contributed by atoms with Crippen LogP contribution >= 0.6 is 0 Å². The molecule has 0 aliphatic rings. The van der Waals surface area contributed by atoms with E-state index in [4.69, 9.17) is 17.2 Å². The zero-order chi connectivity index (χ0) is 53.4. The average Bonchev–Trinajstić information content (AvgIpc) is 3.82. The van der Waals surface area contributed by atoms with Gasteiger partial charge in [0.15, 0.2) is 5.96 Å². The zero-order valence-electron chi connectivity index (χ0n) is 40.8. The van der Waals surface area contributed by atoms with Crippen molar-refractivity contribution in [3.8, 4) is 0 Å². The van der Waals surface area contributed by atoms with E-state index >= 15 is 0 Å². The Morgan fingerprint density at radius 1 is 0.648 bits per heavy atom. The third kappa shape index (κ3) is 22.6. The number of rotatable bonds is 31. The van der Waals surface area contributed by atoms with E-state index in [1.165, 1.54) is 26.4 Å². The standard InChI is InChI=1S/C45H70N14O12/c1-23(2)17-33(44(70)71)59-42(68)32(19-28-20-49-22-52-28)58-40(66)30(14-15-35(61)62)55-41(67)31(18-27-11-8-7-9-12-27)57-38(64)26(6)53-34(60)21-51-37(63)25(5)54-39(65)29(13-10-16-50-45(47)48)56-43(69)36(46)24(3)4/h7-9,11-12,20,22-26,29-33,36H,10,13-19,21,46H2,1-6H3,(H,49,52)(H,51,63)(H,53,60)(H,54,65)(H,55,67)(H,56,69)(H,57,64)(H,58,66)(H,59,68)(H,61,62)(H,70,71)(H4,47,48,50)/t25-,26-,29-,30-,31-,32-,33-,36-/m0/s1. The second kappa shape index (κ2) is 30.1. The number of nitrogens with zero attached hydrogens (tertiary/aromatic N) is 2. The number of aromatic nitrogens is 2. The van der Waals surface area contributed by atoms with Crippen molar-refractivity contribution in [1.82, 2.24) is 52.5 Å². The fourth-order valence-electron chi connectivity index (χ4n) is 6.63. The van der Waals surface area contributed by atoms with Crippen LogP contribution in [0.3, 0.4) is 0 Å². The van der Waals surface area contributed by atoms with Gasteiger partial charge in [-0.3, -0.25) is 48.1 Å². The van der Waals surface area contributed by atoms with Crippen LogP contribution in [0, 0.1) is 11.8 Å². The van der Waals surface area contributed by atoms with Gasteiger partial charge in [0.05, 0.1) is 18.9 Å². The number of nitrogens with two attached hydrogens (primary N) is 3. The largest absolute Gasteiger partial charge is 0.481 e. The number of imidazole rings is 1. The van der Waals surface area contributed by atoms with Gasteiger partial charge >= 0.3 is 11.9 Å². The highest BCUT2D eigenvalue weighted by molar-refractivity contribution is 5.97. The van der Waals surface area contributed by atoms with Crippen LogP contribution in [0.5, 0.6) is 0 Å². The highest BCUT2D eigenvalue weighted by Crippen LogP contribution is 2.10. The van der Waals surface area contributed by atoms with E-state index in [1.54, 1.807) is 58.0 Å². The second-order valence-electron chi connectivity index (χ2n) is 17.6. The molecule has 26 heteroatoms. The van der Waals surface area contributed by atoms with Gasteiger partial charge in [0.2, 0.25) is 47.3 Å². The molecule has 0 aliphatic carbocycles. The summed E-state index contributed by atoms with van der Waals surface area (Å²) in [6, 6.07) is -1.90. The first-order valence-electron chi connectivity index (χ1n) is 23.0. The van der Waals surface area contributed by atoms with Gasteiger partial charge in [-0.1, -0.05) is 58.0 Å². The Morgan fingerprint density at radius 3 is 1.75 bits per heavy atom. The van der Waals surface area contributed by atoms with Crippen molar-refractivity contribution < 1.29 is 58.2 Å². The van der Waals surface area contributed by atoms with Crippen molar-refractivity contribution in [1.29, 1.82) is 0 Å². The number of carboxylic acid groups (broad SMARTS) is 2. The molecule has 71 heavy (non-hydrogen) atoms. The third-order valence-electron chi connectivity index (χ3n) is 10.7. The summed E-state index contributed by atoms with van der Waals surface area (Å²) in [6.07, 6.45) is 1.74. The Bertz CT molecular complexity index is 2150. The van der Waals surface area contributed by atoms with Crippen molar-refractivity contribution in [3.05, 3.63) is 54.1 Å². The van der Waals surface area contributed by atoms with E-state index in [1.807, 2.05) is 0 Å². The van der Waals surface area contributed by atoms with E-state index in [0.29, 0.717) is 11.3 Å². The Kier molecular flexibility index (Phi) is 25.2. The van der Waals surface area contributed by atoms with Crippen LogP contribution in [0.25, 0.3) is 0 Å². The van der Waals surface area contributed by atoms with Crippen LogP contribution in [0.15, 0.2) is 47.8 Å². The lowest BCUT2D eigenvalue weighted by Crippen LogP contribution is -2.59. The molecule has 0 spiro atoms. The average molecular weight is 999 g/mol. The minimum atomic E-state index is -1.59. The van der Waals surface area contributed by atoms with Gasteiger partial charge in [0.1, 0.15) is 42.3 Å². The van der Waals surface area contributed by atoms with Gasteiger partial charge in [0.25, 0.3) is 0 Å². The molecule has 392 valence electrons. The number of carbonyl (C=O) groups is 10. The first-order chi connectivity index (χ1) is 33.4. The van der Waals surface area contributed by atoms with E-state index in [2.05, 4.69) is 57.5 Å². The molecule has 8 atom stereocenters. The predicted octanol–water partition coefficient (Wildman–Crippen LogP) is -3.22. The number of aliphatic imine (C=N–C) groups is 1. The minimum Gasteiger partial charge on any atom is -0.481 e. The number of H-pyrrole nitrogens is 1. The zero-order valence-corrected chi connectivity index (χ0v) is 40.8. The highest BCUT2D eigenvalue weighted by Gasteiger charge is 2.34. The van der Waals surface area contributed by atoms with Crippen molar-refractivity contribution in [2.75, 3.05) is 13.1 Å². The molecule has 0 unspecified atom stereocenters. The molecule has 26 nitrogen and oxygen atoms in total. The topological polar surface area (TPSA) is 426 Å². The molecule has 8 amide bonds. The molecule has 0 saturated carbocycles. The summed E-state index contributed by atoms with van der Waals surface area (Å²) in [4.78, 5) is 141. The Hall–Kier alpha value is -7.64. The van der Waals surface area contributed by atoms with Gasteiger partial charge in [0, 0.05) is 37.7 Å². The minimum absolute atomic E-state index is 0.0716. The lowest BCUT2D eigenvalue weighted by Gasteiger charge is -2.26. The number of benzene rings is 1. The number of amides is 8. The van der Waals surface area contributed by atoms with Gasteiger partial charge in [-0.2, -0.15) is 0 Å². The highest BCUT2D eigenvalue weighted by atomic mass is 16.4. The summed E-state index contributed by atoms with van der Waals surface area (Å²) >= 11 is 0. The number of hydrogen-bond donors (Lipinski definition) is 14. The smallest absolute Gasteiger partial charge is 0.326 e. The van der Waals surface area contributed by atoms with Crippen molar-refractivity contribution in [2.45, 2.75) is 135 Å². The maximum absolute atomic E-state index is 14.0. The van der Waals surface area contributed by atoms with E-state index < -0.39 is 127 Å². The number of aromatic amines is 1. The summed E-state index contributed by atoms with van der Waals surface area (Å²) in [6.45, 7) is 9.13. The lowest BCUT2D eigenvalue weighted by molar-refractivity contribution is -0.142. The summed E-state index contributed by atoms with van der Waals surface area (Å²) in [5.41, 5.74) is 17.6. The summed E-state index contributed by atoms with van der Waals surface area (Å²) < 4.78 is 0. The molecule has 0 saturated heterocycles. The normalized spacial score (nSPS) is 14.4. The Labute approximate surface area is 411 Å². The van der Waals surface area contributed by atoms with Crippen LogP contribution in [0.4, 0.5) is 0 Å². The van der Waals surface area contributed by atoms with Crippen LogP contribution in [-0.2, 0) is 60.8 Å². The molecule has 1 aromatic heterocycles. The molecule has 0 radical (unpaired) electrons. The molecule has 2 aromatic rings. The summed E-state index contributed by atoms with van der Waals surface area (Å²) in [7, 11) is 0. The number of aliphatic carboxylic acids is 2. The number of carboxylic acids is 2.